The van der Waals surface area contributed by atoms with E-state index < -0.39 is 35.6 Å². The second kappa shape index (κ2) is 10.7. The van der Waals surface area contributed by atoms with Gasteiger partial charge in [-0.15, -0.1) is 0 Å². The summed E-state index contributed by atoms with van der Waals surface area (Å²) in [5, 5.41) is 11.4. The minimum absolute atomic E-state index is 0.0656. The van der Waals surface area contributed by atoms with Gasteiger partial charge in [0, 0.05) is 37.4 Å². The van der Waals surface area contributed by atoms with Crippen LogP contribution in [0, 0.1) is 17.8 Å². The van der Waals surface area contributed by atoms with Gasteiger partial charge in [-0.2, -0.15) is 0 Å². The third-order valence-corrected chi connectivity index (χ3v) is 8.54. The van der Waals surface area contributed by atoms with E-state index in [0.717, 1.165) is 30.6 Å². The van der Waals surface area contributed by atoms with Crippen LogP contribution in [0.25, 0.3) is 0 Å². The van der Waals surface area contributed by atoms with Crippen molar-refractivity contribution in [3.8, 4) is 0 Å². The van der Waals surface area contributed by atoms with E-state index in [4.69, 9.17) is 0 Å². The molecule has 1 aliphatic carbocycles. The summed E-state index contributed by atoms with van der Waals surface area (Å²) in [6.45, 7) is 0.985. The first-order valence-electron chi connectivity index (χ1n) is 13.6. The number of nitrogens with one attached hydrogen (secondary N) is 1. The fourth-order valence-corrected chi connectivity index (χ4v) is 6.31. The van der Waals surface area contributed by atoms with Crippen LogP contribution in [0.1, 0.15) is 72.1 Å². The van der Waals surface area contributed by atoms with Gasteiger partial charge in [-0.05, 0) is 51.0 Å². The van der Waals surface area contributed by atoms with Gasteiger partial charge in [-0.3, -0.25) is 39.0 Å². The highest BCUT2D eigenvalue weighted by atomic mass is 16.4. The van der Waals surface area contributed by atoms with E-state index in [-0.39, 0.29) is 47.6 Å². The minimum atomic E-state index is -1.01. The number of carbonyl (C=O) groups excluding carboxylic acids is 5. The second-order valence-corrected chi connectivity index (χ2v) is 11.0. The number of fused-ring (bicyclic) bond motifs is 1. The Labute approximate surface area is 225 Å². The van der Waals surface area contributed by atoms with Gasteiger partial charge in [-0.1, -0.05) is 6.07 Å². The summed E-state index contributed by atoms with van der Waals surface area (Å²) >= 11 is 0. The molecule has 2 saturated heterocycles. The number of imide groups is 2. The van der Waals surface area contributed by atoms with Crippen molar-refractivity contribution in [2.45, 2.75) is 57.4 Å². The number of rotatable bonds is 5. The van der Waals surface area contributed by atoms with E-state index in [1.807, 2.05) is 22.7 Å². The number of hydrogen-bond acceptors (Lipinski definition) is 6. The van der Waals surface area contributed by atoms with Crippen LogP contribution < -0.4 is 5.32 Å². The Morgan fingerprint density at radius 2 is 1.64 bits per heavy atom. The summed E-state index contributed by atoms with van der Waals surface area (Å²) in [6.07, 6.45) is 6.27. The molecule has 0 aromatic heterocycles. The average Bonchev–Trinajstić information content (AvgIpc) is 3.18. The summed E-state index contributed by atoms with van der Waals surface area (Å²) in [5.41, 5.74) is 1.06. The molecule has 1 atom stereocenters. The molecule has 1 aromatic rings. The van der Waals surface area contributed by atoms with Crippen molar-refractivity contribution in [2.24, 2.45) is 17.8 Å². The molecule has 39 heavy (non-hydrogen) atoms. The topological polar surface area (TPSA) is 144 Å². The molecule has 0 spiro atoms. The molecule has 1 unspecified atom stereocenters. The van der Waals surface area contributed by atoms with E-state index in [0.29, 0.717) is 31.6 Å². The molecule has 3 heterocycles. The van der Waals surface area contributed by atoms with E-state index in [1.165, 1.54) is 0 Å². The van der Waals surface area contributed by atoms with E-state index in [9.17, 15) is 33.9 Å². The van der Waals surface area contributed by atoms with Crippen LogP contribution in [-0.2, 0) is 19.2 Å². The number of piperidine rings is 2. The van der Waals surface area contributed by atoms with Gasteiger partial charge < -0.3 is 10.0 Å². The summed E-state index contributed by atoms with van der Waals surface area (Å²) in [7, 11) is 1.83. The minimum Gasteiger partial charge on any atom is -0.481 e. The number of nitrogens with zero attached hydrogens (tertiary/aromatic N) is 3. The van der Waals surface area contributed by atoms with Crippen molar-refractivity contribution in [1.29, 1.82) is 0 Å². The van der Waals surface area contributed by atoms with Crippen molar-refractivity contribution in [2.75, 3.05) is 20.1 Å². The SMILES string of the molecule is C[N+](=CC1CCC(C(=O)N2CCC(C(=O)O)CC2)CC1)c1cccc2c1C(=O)N(C1CCC(=O)NC1=O)C2=O. The molecule has 0 radical (unpaired) electrons. The molecule has 11 nitrogen and oxygen atoms in total. The molecule has 3 fully saturated rings. The van der Waals surface area contributed by atoms with Crippen molar-refractivity contribution in [3.05, 3.63) is 29.3 Å². The van der Waals surface area contributed by atoms with E-state index in [1.54, 1.807) is 18.2 Å². The van der Waals surface area contributed by atoms with Gasteiger partial charge in [0.15, 0.2) is 0 Å². The number of carboxylic acid groups (broad SMARTS) is 1. The van der Waals surface area contributed by atoms with Crippen LogP contribution in [0.3, 0.4) is 0 Å². The highest BCUT2D eigenvalue weighted by Crippen LogP contribution is 2.35. The Morgan fingerprint density at radius 1 is 0.949 bits per heavy atom. The van der Waals surface area contributed by atoms with Crippen LogP contribution in [0.4, 0.5) is 5.69 Å². The average molecular weight is 538 g/mol. The molecule has 3 aliphatic heterocycles. The number of benzene rings is 1. The summed E-state index contributed by atoms with van der Waals surface area (Å²) in [4.78, 5) is 77.5. The fraction of sp³-hybridized carbons (Fsp3) is 0.536. The molecule has 11 heteroatoms. The first-order chi connectivity index (χ1) is 18.7. The zero-order valence-electron chi connectivity index (χ0n) is 21.9. The quantitative estimate of drug-likeness (QED) is 0.330. The number of aliphatic carboxylic acids is 1. The normalized spacial score (nSPS) is 26.5. The molecule has 4 aliphatic rings. The van der Waals surface area contributed by atoms with Gasteiger partial charge in [0.2, 0.25) is 23.4 Å². The maximum Gasteiger partial charge on any atom is 0.306 e. The molecular weight excluding hydrogens is 504 g/mol. The lowest BCUT2D eigenvalue weighted by Crippen LogP contribution is -2.54. The first kappa shape index (κ1) is 26.7. The number of hydrogen-bond donors (Lipinski definition) is 2. The largest absolute Gasteiger partial charge is 0.481 e. The van der Waals surface area contributed by atoms with Gasteiger partial charge in [0.05, 0.1) is 11.5 Å². The smallest absolute Gasteiger partial charge is 0.306 e. The Balaban J connectivity index is 1.24. The molecular formula is C28H33N4O7+. The van der Waals surface area contributed by atoms with E-state index in [2.05, 4.69) is 5.32 Å². The number of amides is 5. The predicted molar refractivity (Wildman–Crippen MR) is 137 cm³/mol. The molecule has 206 valence electrons. The highest BCUT2D eigenvalue weighted by Gasteiger charge is 2.47. The first-order valence-corrected chi connectivity index (χ1v) is 13.6. The third-order valence-electron chi connectivity index (χ3n) is 8.54. The third kappa shape index (κ3) is 5.09. The molecule has 2 N–H and O–H groups in total. The summed E-state index contributed by atoms with van der Waals surface area (Å²) in [6, 6.07) is 4.04. The fourth-order valence-electron chi connectivity index (χ4n) is 6.31. The van der Waals surface area contributed by atoms with Crippen molar-refractivity contribution < 1.29 is 38.4 Å². The Hall–Kier alpha value is -3.89. The van der Waals surface area contributed by atoms with Crippen LogP contribution >= 0.6 is 0 Å². The molecule has 5 rings (SSSR count). The zero-order chi connectivity index (χ0) is 27.8. The van der Waals surface area contributed by atoms with Gasteiger partial charge >= 0.3 is 5.97 Å². The molecule has 0 bridgehead atoms. The number of likely N-dealkylation sites (tertiary alicyclic amines) is 1. The standard InChI is InChI=1S/C28H32N4O7/c1-30(15-16-5-7-17(8-6-16)25(35)31-13-11-18(12-14-31)28(38)39)20-4-2-3-19-23(20)27(37)32(26(19)36)21-9-10-22(33)29-24(21)34/h2-4,15-18,21H,5-14H2,1H3,(H-,29,33,34,38,39)/p+1. The Morgan fingerprint density at radius 3 is 2.28 bits per heavy atom. The van der Waals surface area contributed by atoms with E-state index >= 15 is 0 Å². The molecule has 1 aromatic carbocycles. The zero-order valence-corrected chi connectivity index (χ0v) is 21.9. The maximum absolute atomic E-state index is 13.4. The Bertz CT molecular complexity index is 1270. The molecule has 1 saturated carbocycles. The predicted octanol–water partition coefficient (Wildman–Crippen LogP) is 1.56. The van der Waals surface area contributed by atoms with Crippen molar-refractivity contribution in [3.63, 3.8) is 0 Å². The second-order valence-electron chi connectivity index (χ2n) is 11.0. The van der Waals surface area contributed by atoms with Crippen LogP contribution in [0.15, 0.2) is 18.2 Å². The lowest BCUT2D eigenvalue weighted by Gasteiger charge is -2.34. The van der Waals surface area contributed by atoms with Gasteiger partial charge in [-0.25, -0.2) is 4.58 Å². The van der Waals surface area contributed by atoms with Crippen molar-refractivity contribution >= 4 is 47.4 Å². The monoisotopic (exact) mass is 537 g/mol. The summed E-state index contributed by atoms with van der Waals surface area (Å²) < 4.78 is 1.85. The Kier molecular flexibility index (Phi) is 7.33. The lowest BCUT2D eigenvalue weighted by atomic mass is 9.81. The maximum atomic E-state index is 13.4. The van der Waals surface area contributed by atoms with Gasteiger partial charge in [0.25, 0.3) is 11.8 Å². The van der Waals surface area contributed by atoms with Crippen LogP contribution in [-0.4, -0.2) is 87.4 Å². The number of carboxylic acids is 1. The van der Waals surface area contributed by atoms with Crippen LogP contribution in [0.5, 0.6) is 0 Å². The highest BCUT2D eigenvalue weighted by molar-refractivity contribution is 6.25. The van der Waals surface area contributed by atoms with Crippen molar-refractivity contribution in [1.82, 2.24) is 15.1 Å². The summed E-state index contributed by atoms with van der Waals surface area (Å²) in [5.74, 6) is -3.05. The lowest BCUT2D eigenvalue weighted by molar-refractivity contribution is -0.402. The number of carbonyl (C=O) groups is 6. The van der Waals surface area contributed by atoms with Crippen LogP contribution in [0.2, 0.25) is 0 Å². The molecule has 5 amide bonds. The van der Waals surface area contributed by atoms with Gasteiger partial charge in [0.1, 0.15) is 24.9 Å².